The van der Waals surface area contributed by atoms with E-state index in [0.29, 0.717) is 5.95 Å². The molecule has 1 amide bonds. The maximum atomic E-state index is 14.6. The Bertz CT molecular complexity index is 1100. The van der Waals surface area contributed by atoms with Crippen molar-refractivity contribution >= 4 is 29.0 Å². The van der Waals surface area contributed by atoms with Crippen LogP contribution in [0.5, 0.6) is 0 Å². The van der Waals surface area contributed by atoms with Gasteiger partial charge in [0.1, 0.15) is 0 Å². The summed E-state index contributed by atoms with van der Waals surface area (Å²) in [5.41, 5.74) is 3.42. The normalized spacial score (nSPS) is 24.6. The van der Waals surface area contributed by atoms with Gasteiger partial charge in [-0.05, 0) is 62.5 Å². The van der Waals surface area contributed by atoms with E-state index in [0.717, 1.165) is 38.2 Å². The van der Waals surface area contributed by atoms with Crippen LogP contribution in [0.15, 0.2) is 36.5 Å². The first kappa shape index (κ1) is 22.6. The maximum absolute atomic E-state index is 14.6. The number of anilines is 4. The van der Waals surface area contributed by atoms with Crippen LogP contribution in [0.4, 0.5) is 27.5 Å². The zero-order chi connectivity index (χ0) is 23.8. The van der Waals surface area contributed by atoms with Gasteiger partial charge in [0.05, 0.1) is 12.1 Å². The molecule has 1 aromatic carbocycles. The van der Waals surface area contributed by atoms with Crippen molar-refractivity contribution in [2.75, 3.05) is 56.3 Å². The maximum Gasteiger partial charge on any atom is 0.229 e. The highest BCUT2D eigenvalue weighted by Crippen LogP contribution is 2.45. The van der Waals surface area contributed by atoms with Gasteiger partial charge < -0.3 is 25.8 Å². The number of carbonyl (C=O) groups is 1. The molecule has 4 atom stereocenters. The summed E-state index contributed by atoms with van der Waals surface area (Å²) >= 11 is 0. The minimum absolute atomic E-state index is 0.0278. The molecule has 2 aliphatic carbocycles. The highest BCUT2D eigenvalue weighted by molar-refractivity contribution is 5.81. The van der Waals surface area contributed by atoms with Gasteiger partial charge in [0.15, 0.2) is 11.6 Å². The summed E-state index contributed by atoms with van der Waals surface area (Å²) in [6, 6.07) is 6.06. The molecule has 3 aliphatic rings. The average Bonchev–Trinajstić information content (AvgIpc) is 3.54. The number of nitrogens with one attached hydrogen (secondary N) is 3. The van der Waals surface area contributed by atoms with Crippen molar-refractivity contribution in [2.24, 2.45) is 17.8 Å². The van der Waals surface area contributed by atoms with Crippen molar-refractivity contribution in [3.05, 3.63) is 47.9 Å². The lowest BCUT2D eigenvalue weighted by Gasteiger charge is -2.28. The van der Waals surface area contributed by atoms with Crippen molar-refractivity contribution in [2.45, 2.75) is 18.9 Å². The standard InChI is InChI=1S/C25H32FN7O/c1-27-24(34)21-16-4-5-17(12-16)22(21)30-23-19(26)14-28-25(31-23)29-18-6-7-20-15(13-18)8-9-33(20)11-10-32(2)3/h4-7,13-14,16-17,21-22H,8-12H2,1-3H3,(H,27,34)(H2,28,29,30,31). The zero-order valence-corrected chi connectivity index (χ0v) is 19.9. The number of carbonyl (C=O) groups excluding carboxylic acids is 1. The predicted molar refractivity (Wildman–Crippen MR) is 132 cm³/mol. The Morgan fingerprint density at radius 2 is 2.09 bits per heavy atom. The summed E-state index contributed by atoms with van der Waals surface area (Å²) in [7, 11) is 5.81. The van der Waals surface area contributed by atoms with Crippen LogP contribution in [-0.2, 0) is 11.2 Å². The summed E-state index contributed by atoms with van der Waals surface area (Å²) in [6.07, 6.45) is 7.28. The fourth-order valence-electron chi connectivity index (χ4n) is 5.46. The van der Waals surface area contributed by atoms with Crippen LogP contribution in [0.25, 0.3) is 0 Å². The summed E-state index contributed by atoms with van der Waals surface area (Å²) in [4.78, 5) is 25.6. The SMILES string of the molecule is CNC(=O)C1C2C=CC(C2)C1Nc1nc(Nc2ccc3c(c2)CCN3CCN(C)C)ncc1F. The lowest BCUT2D eigenvalue weighted by atomic mass is 9.88. The lowest BCUT2D eigenvalue weighted by molar-refractivity contribution is -0.125. The second kappa shape index (κ2) is 9.21. The molecule has 3 N–H and O–H groups in total. The monoisotopic (exact) mass is 465 g/mol. The molecule has 4 unspecified atom stereocenters. The molecule has 5 rings (SSSR count). The molecular weight excluding hydrogens is 433 g/mol. The van der Waals surface area contributed by atoms with Gasteiger partial charge in [0, 0.05) is 44.1 Å². The van der Waals surface area contributed by atoms with Gasteiger partial charge in [-0.25, -0.2) is 9.37 Å². The van der Waals surface area contributed by atoms with E-state index < -0.39 is 5.82 Å². The number of nitrogens with zero attached hydrogens (tertiary/aromatic N) is 4. The fourth-order valence-corrected chi connectivity index (χ4v) is 5.46. The zero-order valence-electron chi connectivity index (χ0n) is 19.9. The highest BCUT2D eigenvalue weighted by atomic mass is 19.1. The van der Waals surface area contributed by atoms with E-state index in [1.165, 1.54) is 17.4 Å². The topological polar surface area (TPSA) is 85.4 Å². The Kier molecular flexibility index (Phi) is 6.12. The number of halogens is 1. The molecule has 2 bridgehead atoms. The van der Waals surface area contributed by atoms with Gasteiger partial charge in [0.2, 0.25) is 11.9 Å². The quantitative estimate of drug-likeness (QED) is 0.517. The lowest BCUT2D eigenvalue weighted by Crippen LogP contribution is -2.42. The molecule has 9 heteroatoms. The smallest absolute Gasteiger partial charge is 0.229 e. The first-order chi connectivity index (χ1) is 16.4. The van der Waals surface area contributed by atoms with Gasteiger partial charge in [-0.3, -0.25) is 4.79 Å². The van der Waals surface area contributed by atoms with E-state index in [1.807, 2.05) is 6.07 Å². The first-order valence-electron chi connectivity index (χ1n) is 11.9. The van der Waals surface area contributed by atoms with Crippen molar-refractivity contribution in [3.8, 4) is 0 Å². The number of likely N-dealkylation sites (N-methyl/N-ethyl adjacent to an activating group) is 1. The first-order valence-corrected chi connectivity index (χ1v) is 11.9. The van der Waals surface area contributed by atoms with Crippen molar-refractivity contribution in [3.63, 3.8) is 0 Å². The summed E-state index contributed by atoms with van der Waals surface area (Å²) < 4.78 is 14.6. The molecule has 1 aromatic heterocycles. The molecule has 1 fully saturated rings. The van der Waals surface area contributed by atoms with Crippen LogP contribution in [0.2, 0.25) is 0 Å². The molecule has 2 heterocycles. The second-order valence-electron chi connectivity index (χ2n) is 9.66. The minimum atomic E-state index is -0.529. The third-order valence-electron chi connectivity index (χ3n) is 7.20. The Labute approximate surface area is 199 Å². The van der Waals surface area contributed by atoms with Gasteiger partial charge in [-0.15, -0.1) is 0 Å². The largest absolute Gasteiger partial charge is 0.370 e. The van der Waals surface area contributed by atoms with Crippen LogP contribution in [-0.4, -0.2) is 67.6 Å². The summed E-state index contributed by atoms with van der Waals surface area (Å²) in [5, 5.41) is 9.18. The number of aromatic nitrogens is 2. The van der Waals surface area contributed by atoms with Crippen molar-refractivity contribution in [1.82, 2.24) is 20.2 Å². The Morgan fingerprint density at radius 3 is 2.88 bits per heavy atom. The van der Waals surface area contributed by atoms with E-state index in [9.17, 15) is 9.18 Å². The van der Waals surface area contributed by atoms with E-state index in [4.69, 9.17) is 0 Å². The van der Waals surface area contributed by atoms with E-state index >= 15 is 0 Å². The Morgan fingerprint density at radius 1 is 1.26 bits per heavy atom. The summed E-state index contributed by atoms with van der Waals surface area (Å²) in [5.74, 6) is 0.00468. The van der Waals surface area contributed by atoms with Crippen molar-refractivity contribution < 1.29 is 9.18 Å². The van der Waals surface area contributed by atoms with E-state index in [2.05, 4.69) is 74.1 Å². The van der Waals surface area contributed by atoms with Crippen LogP contribution in [0.1, 0.15) is 12.0 Å². The third-order valence-corrected chi connectivity index (χ3v) is 7.20. The molecule has 0 radical (unpaired) electrons. The highest BCUT2D eigenvalue weighted by Gasteiger charge is 2.48. The van der Waals surface area contributed by atoms with Crippen LogP contribution in [0.3, 0.4) is 0 Å². The van der Waals surface area contributed by atoms with Crippen LogP contribution in [0, 0.1) is 23.6 Å². The molecule has 2 aromatic rings. The molecule has 0 spiro atoms. The molecule has 180 valence electrons. The third kappa shape index (κ3) is 4.32. The number of hydrogen-bond donors (Lipinski definition) is 3. The van der Waals surface area contributed by atoms with E-state index in [-0.39, 0.29) is 35.5 Å². The number of hydrogen-bond acceptors (Lipinski definition) is 7. The Balaban J connectivity index is 1.30. The minimum Gasteiger partial charge on any atom is -0.370 e. The molecule has 1 saturated carbocycles. The van der Waals surface area contributed by atoms with Gasteiger partial charge >= 0.3 is 0 Å². The molecule has 0 saturated heterocycles. The van der Waals surface area contributed by atoms with Crippen LogP contribution >= 0.6 is 0 Å². The number of rotatable bonds is 8. The fraction of sp³-hybridized carbons (Fsp3) is 0.480. The predicted octanol–water partition coefficient (Wildman–Crippen LogP) is 2.63. The molecule has 1 aliphatic heterocycles. The number of benzene rings is 1. The molecule has 34 heavy (non-hydrogen) atoms. The number of allylic oxidation sites excluding steroid dienone is 1. The molecule has 8 nitrogen and oxygen atoms in total. The van der Waals surface area contributed by atoms with Crippen LogP contribution < -0.4 is 20.9 Å². The van der Waals surface area contributed by atoms with Gasteiger partial charge in [0.25, 0.3) is 0 Å². The van der Waals surface area contributed by atoms with Crippen molar-refractivity contribution in [1.29, 1.82) is 0 Å². The number of amides is 1. The second-order valence-corrected chi connectivity index (χ2v) is 9.66. The Hall–Kier alpha value is -3.20. The average molecular weight is 466 g/mol. The summed E-state index contributed by atoms with van der Waals surface area (Å²) in [6.45, 7) is 3.02. The van der Waals surface area contributed by atoms with E-state index in [1.54, 1.807) is 7.05 Å². The van der Waals surface area contributed by atoms with Gasteiger partial charge in [-0.1, -0.05) is 12.2 Å². The van der Waals surface area contributed by atoms with Gasteiger partial charge in [-0.2, -0.15) is 4.98 Å². The number of fused-ring (bicyclic) bond motifs is 3. The molecular formula is C25H32FN7O.